The van der Waals surface area contributed by atoms with Gasteiger partial charge in [0.05, 0.1) is 0 Å². The summed E-state index contributed by atoms with van der Waals surface area (Å²) in [6.07, 6.45) is 4.33. The monoisotopic (exact) mass is 796 g/mol. The third-order valence-electron chi connectivity index (χ3n) is 13.1. The Morgan fingerprint density at radius 2 is 0.732 bits per heavy atom. The van der Waals surface area contributed by atoms with E-state index in [0.29, 0.717) is 11.8 Å². The summed E-state index contributed by atoms with van der Waals surface area (Å²) in [6, 6.07) is 25.4. The molecule has 0 atom stereocenters. The highest BCUT2D eigenvalue weighted by Crippen LogP contribution is 2.29. The molecule has 0 radical (unpaired) electrons. The molecule has 3 aliphatic heterocycles. The van der Waals surface area contributed by atoms with Crippen LogP contribution < -0.4 is 0 Å². The number of hydrogen-bond donors (Lipinski definition) is 0. The van der Waals surface area contributed by atoms with E-state index in [1.807, 2.05) is 24.3 Å². The number of rotatable bonds is 8. The van der Waals surface area contributed by atoms with Crippen molar-refractivity contribution in [2.75, 3.05) is 65.4 Å². The number of nitrogens with zero attached hydrogens (tertiary/aromatic N) is 4. The van der Waals surface area contributed by atoms with Gasteiger partial charge in [-0.3, -0.25) is 9.59 Å². The highest BCUT2D eigenvalue weighted by atomic mass is 35.5. The van der Waals surface area contributed by atoms with Crippen LogP contribution in [0.1, 0.15) is 79.8 Å². The van der Waals surface area contributed by atoms with Crippen molar-refractivity contribution in [3.05, 3.63) is 117 Å². The predicted molar refractivity (Wildman–Crippen MR) is 237 cm³/mol. The van der Waals surface area contributed by atoms with Crippen LogP contribution in [-0.4, -0.2) is 96.9 Å². The second kappa shape index (κ2) is 19.2. The van der Waals surface area contributed by atoms with Crippen molar-refractivity contribution in [2.45, 2.75) is 67.2 Å². The first-order valence-corrected chi connectivity index (χ1v) is 20.4. The van der Waals surface area contributed by atoms with Crippen molar-refractivity contribution in [1.82, 2.24) is 19.6 Å². The van der Waals surface area contributed by atoms with Gasteiger partial charge in [-0.25, -0.2) is 0 Å². The first-order chi connectivity index (χ1) is 26.0. The standard InChI is InChI=1S/C48H60N4O2.2ClH/c1-33-27-45(28-34(2)37(33)5)41-7-11-43(12-8-41)47(53)51-19-15-39(16-20-51)31-49-23-25-50(26-24-49)32-40-17-21-52(22-18-40)48(54)44-13-9-42(10-14-44)46-29-35(3)38(6)36(4)30-46;;/h7-14,27-30,39-40H,15-26,31-32H2,1-6H3;2*1H. The zero-order valence-electron chi connectivity index (χ0n) is 34.4. The normalized spacial score (nSPS) is 17.3. The van der Waals surface area contributed by atoms with E-state index < -0.39 is 0 Å². The molecule has 0 unspecified atom stereocenters. The van der Waals surface area contributed by atoms with Crippen molar-refractivity contribution in [1.29, 1.82) is 0 Å². The lowest BCUT2D eigenvalue weighted by Crippen LogP contribution is -2.50. The lowest BCUT2D eigenvalue weighted by atomic mass is 9.94. The lowest BCUT2D eigenvalue weighted by Gasteiger charge is -2.41. The van der Waals surface area contributed by atoms with Crippen LogP contribution in [0, 0.1) is 53.4 Å². The van der Waals surface area contributed by atoms with E-state index in [-0.39, 0.29) is 36.6 Å². The second-order valence-corrected chi connectivity index (χ2v) is 16.7. The van der Waals surface area contributed by atoms with E-state index in [9.17, 15) is 9.59 Å². The van der Waals surface area contributed by atoms with E-state index in [1.165, 1.54) is 44.5 Å². The third kappa shape index (κ3) is 10.1. The molecule has 0 N–H and O–H groups in total. The Bertz CT molecular complexity index is 1770. The quantitative estimate of drug-likeness (QED) is 0.178. The fourth-order valence-electron chi connectivity index (χ4n) is 8.90. The number of hydrogen-bond acceptors (Lipinski definition) is 4. The largest absolute Gasteiger partial charge is 0.339 e. The number of likely N-dealkylation sites (tertiary alicyclic amines) is 2. The van der Waals surface area contributed by atoms with E-state index in [0.717, 1.165) is 113 Å². The third-order valence-corrected chi connectivity index (χ3v) is 13.1. The Morgan fingerprint density at radius 3 is 1.02 bits per heavy atom. The van der Waals surface area contributed by atoms with E-state index in [2.05, 4.69) is 110 Å². The summed E-state index contributed by atoms with van der Waals surface area (Å²) in [7, 11) is 0. The molecule has 0 aromatic heterocycles. The fourth-order valence-corrected chi connectivity index (χ4v) is 8.90. The van der Waals surface area contributed by atoms with Gasteiger partial charge in [-0.2, -0.15) is 0 Å². The topological polar surface area (TPSA) is 47.1 Å². The molecule has 8 heteroatoms. The maximum atomic E-state index is 13.4. The number of halogens is 2. The Kier molecular flexibility index (Phi) is 14.9. The molecule has 4 aromatic carbocycles. The smallest absolute Gasteiger partial charge is 0.253 e. The van der Waals surface area contributed by atoms with Crippen LogP contribution in [-0.2, 0) is 0 Å². The summed E-state index contributed by atoms with van der Waals surface area (Å²) in [4.78, 5) is 36.2. The van der Waals surface area contributed by atoms with Gasteiger partial charge in [0.1, 0.15) is 0 Å². The van der Waals surface area contributed by atoms with Gasteiger partial charge in [0.2, 0.25) is 0 Å². The van der Waals surface area contributed by atoms with Crippen LogP contribution >= 0.6 is 24.8 Å². The zero-order valence-corrected chi connectivity index (χ0v) is 36.0. The SMILES string of the molecule is Cc1cc(-c2ccc(C(=O)N3CCC(CN4CCN(CC5CCN(C(=O)c6ccc(-c7cc(C)c(C)c(C)c7)cc6)CC5)CC4)CC3)cc2)cc(C)c1C.Cl.Cl. The molecule has 0 saturated carbocycles. The number of carbonyl (C=O) groups is 2. The van der Waals surface area contributed by atoms with Crippen molar-refractivity contribution in [3.8, 4) is 22.3 Å². The first kappa shape index (κ1) is 43.4. The van der Waals surface area contributed by atoms with Crippen molar-refractivity contribution in [2.24, 2.45) is 11.8 Å². The van der Waals surface area contributed by atoms with E-state index in [1.54, 1.807) is 0 Å². The van der Waals surface area contributed by atoms with Gasteiger partial charge in [0.15, 0.2) is 0 Å². The predicted octanol–water partition coefficient (Wildman–Crippen LogP) is 9.74. The minimum atomic E-state index is 0. The summed E-state index contributed by atoms with van der Waals surface area (Å²) in [5.41, 5.74) is 14.2. The highest BCUT2D eigenvalue weighted by Gasteiger charge is 2.29. The van der Waals surface area contributed by atoms with Crippen LogP contribution in [0.4, 0.5) is 0 Å². The number of piperazine rings is 1. The second-order valence-electron chi connectivity index (χ2n) is 16.7. The van der Waals surface area contributed by atoms with Crippen molar-refractivity contribution in [3.63, 3.8) is 0 Å². The van der Waals surface area contributed by atoms with Crippen LogP contribution in [0.3, 0.4) is 0 Å². The summed E-state index contributed by atoms with van der Waals surface area (Å²) in [6.45, 7) is 23.2. The zero-order chi connectivity index (χ0) is 37.9. The minimum absolute atomic E-state index is 0. The fraction of sp³-hybridized carbons (Fsp3) is 0.458. The lowest BCUT2D eigenvalue weighted by molar-refractivity contribution is 0.0565. The molecule has 4 aromatic rings. The summed E-state index contributed by atoms with van der Waals surface area (Å²) >= 11 is 0. The Morgan fingerprint density at radius 1 is 0.446 bits per heavy atom. The average molecular weight is 798 g/mol. The minimum Gasteiger partial charge on any atom is -0.339 e. The van der Waals surface area contributed by atoms with Gasteiger partial charge in [0, 0.05) is 76.6 Å². The van der Waals surface area contributed by atoms with Gasteiger partial charge in [-0.05, 0) is 159 Å². The molecule has 3 aliphatic rings. The molecular weight excluding hydrogens is 735 g/mol. The summed E-state index contributed by atoms with van der Waals surface area (Å²) in [5, 5.41) is 0. The molecule has 3 heterocycles. The van der Waals surface area contributed by atoms with E-state index in [4.69, 9.17) is 0 Å². The number of aryl methyl sites for hydroxylation is 4. The van der Waals surface area contributed by atoms with E-state index >= 15 is 0 Å². The number of piperidine rings is 2. The van der Waals surface area contributed by atoms with Crippen molar-refractivity contribution >= 4 is 36.6 Å². The first-order valence-electron chi connectivity index (χ1n) is 20.4. The molecule has 0 aliphatic carbocycles. The van der Waals surface area contributed by atoms with Gasteiger partial charge in [0.25, 0.3) is 11.8 Å². The van der Waals surface area contributed by atoms with Crippen LogP contribution in [0.15, 0.2) is 72.8 Å². The molecule has 3 saturated heterocycles. The Labute approximate surface area is 348 Å². The maximum absolute atomic E-state index is 13.4. The maximum Gasteiger partial charge on any atom is 0.253 e. The molecular formula is C48H62Cl2N4O2. The van der Waals surface area contributed by atoms with Gasteiger partial charge < -0.3 is 19.6 Å². The molecule has 0 bridgehead atoms. The highest BCUT2D eigenvalue weighted by molar-refractivity contribution is 5.95. The van der Waals surface area contributed by atoms with Crippen molar-refractivity contribution < 1.29 is 9.59 Å². The molecule has 300 valence electrons. The van der Waals surface area contributed by atoms with Gasteiger partial charge in [-0.1, -0.05) is 48.5 Å². The Hall–Kier alpha value is -3.68. The van der Waals surface area contributed by atoms with Gasteiger partial charge >= 0.3 is 0 Å². The molecule has 0 spiro atoms. The number of benzene rings is 4. The van der Waals surface area contributed by atoms with Crippen LogP contribution in [0.25, 0.3) is 22.3 Å². The average Bonchev–Trinajstić information content (AvgIpc) is 3.19. The number of carbonyl (C=O) groups excluding carboxylic acids is 2. The molecule has 2 amide bonds. The molecule has 56 heavy (non-hydrogen) atoms. The number of amides is 2. The molecule has 7 rings (SSSR count). The summed E-state index contributed by atoms with van der Waals surface area (Å²) < 4.78 is 0. The molecule has 6 nitrogen and oxygen atoms in total. The van der Waals surface area contributed by atoms with Gasteiger partial charge in [-0.15, -0.1) is 24.8 Å². The van der Waals surface area contributed by atoms with Crippen LogP contribution in [0.2, 0.25) is 0 Å². The van der Waals surface area contributed by atoms with Crippen LogP contribution in [0.5, 0.6) is 0 Å². The molecule has 3 fully saturated rings. The Balaban J connectivity index is 0.00000300. The summed E-state index contributed by atoms with van der Waals surface area (Å²) in [5.74, 6) is 1.64.